The summed E-state index contributed by atoms with van der Waals surface area (Å²) in [5.41, 5.74) is 1.49. The molecule has 0 aliphatic rings. The molecular weight excluding hydrogens is 328 g/mol. The lowest BCUT2D eigenvalue weighted by molar-refractivity contribution is 0.0951. The molecule has 0 spiro atoms. The molecule has 0 unspecified atom stereocenters. The van der Waals surface area contributed by atoms with Crippen LogP contribution in [-0.2, 0) is 6.54 Å². The maximum Gasteiger partial charge on any atom is 0.251 e. The molecule has 0 heterocycles. The van der Waals surface area contributed by atoms with Crippen LogP contribution in [0.2, 0.25) is 0 Å². The van der Waals surface area contributed by atoms with Crippen LogP contribution in [-0.4, -0.2) is 19.1 Å². The Morgan fingerprint density at radius 2 is 1.88 bits per heavy atom. The number of rotatable bonds is 10. The average Bonchev–Trinajstić information content (AvgIpc) is 2.68. The Labute approximate surface area is 154 Å². The third kappa shape index (κ3) is 6.48. The van der Waals surface area contributed by atoms with Crippen molar-refractivity contribution >= 4 is 5.91 Å². The average molecular weight is 352 g/mol. The Bertz CT molecular complexity index is 736. The monoisotopic (exact) mass is 352 g/mol. The molecule has 0 aliphatic carbocycles. The highest BCUT2D eigenvalue weighted by molar-refractivity contribution is 5.94. The number of carbonyl (C=O) groups is 1. The molecule has 1 amide bonds. The zero-order chi connectivity index (χ0) is 18.6. The highest BCUT2D eigenvalue weighted by Gasteiger charge is 2.06. The van der Waals surface area contributed by atoms with Crippen molar-refractivity contribution in [2.75, 3.05) is 13.2 Å². The van der Waals surface area contributed by atoms with Gasteiger partial charge in [0.05, 0.1) is 6.61 Å². The van der Waals surface area contributed by atoms with E-state index in [4.69, 9.17) is 14.7 Å². The van der Waals surface area contributed by atoms with Gasteiger partial charge in [-0.2, -0.15) is 5.26 Å². The van der Waals surface area contributed by atoms with E-state index in [1.165, 1.54) is 0 Å². The van der Waals surface area contributed by atoms with E-state index in [1.807, 2.05) is 36.4 Å². The second-order valence-electron chi connectivity index (χ2n) is 5.86. The zero-order valence-electron chi connectivity index (χ0n) is 15.0. The molecule has 0 radical (unpaired) electrons. The van der Waals surface area contributed by atoms with Gasteiger partial charge in [0.1, 0.15) is 17.6 Å². The molecule has 0 saturated heterocycles. The van der Waals surface area contributed by atoms with Crippen LogP contribution in [0.1, 0.15) is 42.1 Å². The zero-order valence-corrected chi connectivity index (χ0v) is 15.0. The summed E-state index contributed by atoms with van der Waals surface area (Å²) in [6.07, 6.45) is 3.36. The van der Waals surface area contributed by atoms with Crippen LogP contribution >= 0.6 is 0 Å². The van der Waals surface area contributed by atoms with Gasteiger partial charge in [-0.1, -0.05) is 31.9 Å². The first-order valence-corrected chi connectivity index (χ1v) is 8.82. The third-order valence-corrected chi connectivity index (χ3v) is 3.79. The molecule has 0 aromatic heterocycles. The van der Waals surface area contributed by atoms with Gasteiger partial charge in [0.2, 0.25) is 0 Å². The summed E-state index contributed by atoms with van der Waals surface area (Å²) in [7, 11) is 0. The van der Waals surface area contributed by atoms with Crippen LogP contribution in [0, 0.1) is 11.3 Å². The number of amides is 1. The maximum absolute atomic E-state index is 12.3. The third-order valence-electron chi connectivity index (χ3n) is 3.79. The minimum absolute atomic E-state index is 0.00266. The van der Waals surface area contributed by atoms with Gasteiger partial charge in [-0.15, -0.1) is 0 Å². The molecule has 0 bridgehead atoms. The number of ether oxygens (including phenoxy) is 2. The Morgan fingerprint density at radius 3 is 2.62 bits per heavy atom. The van der Waals surface area contributed by atoms with Crippen molar-refractivity contribution in [2.24, 2.45) is 0 Å². The Kier molecular flexibility index (Phi) is 8.01. The standard InChI is InChI=1S/C21H24N2O3/c1-2-3-4-13-25-19-10-8-18(9-11-19)21(24)23-16-17-6-5-7-20(15-17)26-14-12-22/h5-11,15H,2-4,13-14,16H2,1H3,(H,23,24). The Balaban J connectivity index is 1.83. The van der Waals surface area contributed by atoms with Crippen molar-refractivity contribution in [3.8, 4) is 17.6 Å². The summed E-state index contributed by atoms with van der Waals surface area (Å²) < 4.78 is 10.9. The maximum atomic E-state index is 12.3. The van der Waals surface area contributed by atoms with Crippen molar-refractivity contribution in [1.82, 2.24) is 5.32 Å². The lowest BCUT2D eigenvalue weighted by atomic mass is 10.2. The fourth-order valence-electron chi connectivity index (χ4n) is 2.39. The largest absolute Gasteiger partial charge is 0.494 e. The number of nitriles is 1. The van der Waals surface area contributed by atoms with Crippen molar-refractivity contribution in [1.29, 1.82) is 5.26 Å². The number of nitrogens with zero attached hydrogens (tertiary/aromatic N) is 1. The predicted molar refractivity (Wildman–Crippen MR) is 100 cm³/mol. The Morgan fingerprint density at radius 1 is 1.08 bits per heavy atom. The lowest BCUT2D eigenvalue weighted by Gasteiger charge is -2.09. The number of benzene rings is 2. The van der Waals surface area contributed by atoms with E-state index in [0.717, 1.165) is 30.6 Å². The molecule has 0 saturated carbocycles. The highest BCUT2D eigenvalue weighted by atomic mass is 16.5. The highest BCUT2D eigenvalue weighted by Crippen LogP contribution is 2.15. The first-order valence-electron chi connectivity index (χ1n) is 8.82. The van der Waals surface area contributed by atoms with Gasteiger partial charge in [-0.25, -0.2) is 0 Å². The quantitative estimate of drug-likeness (QED) is 0.654. The summed E-state index contributed by atoms with van der Waals surface area (Å²) in [6, 6.07) is 16.4. The van der Waals surface area contributed by atoms with Gasteiger partial charge >= 0.3 is 0 Å². The minimum Gasteiger partial charge on any atom is -0.494 e. The summed E-state index contributed by atoms with van der Waals surface area (Å²) in [6.45, 7) is 3.24. The van der Waals surface area contributed by atoms with E-state index in [0.29, 0.717) is 24.5 Å². The number of carbonyl (C=O) groups excluding carboxylic acids is 1. The molecule has 2 aromatic rings. The SMILES string of the molecule is CCCCCOc1ccc(C(=O)NCc2cccc(OCC#N)c2)cc1. The first kappa shape index (κ1) is 19.3. The van der Waals surface area contributed by atoms with Crippen molar-refractivity contribution in [2.45, 2.75) is 32.7 Å². The van der Waals surface area contributed by atoms with Crippen molar-refractivity contribution < 1.29 is 14.3 Å². The summed E-state index contributed by atoms with van der Waals surface area (Å²) in [5, 5.41) is 11.4. The predicted octanol–water partition coefficient (Wildman–Crippen LogP) is 4.09. The summed E-state index contributed by atoms with van der Waals surface area (Å²) in [4.78, 5) is 12.3. The van der Waals surface area contributed by atoms with Crippen LogP contribution in [0.5, 0.6) is 11.5 Å². The first-order chi connectivity index (χ1) is 12.7. The topological polar surface area (TPSA) is 71.3 Å². The minimum atomic E-state index is -0.147. The van der Waals surface area contributed by atoms with Crippen LogP contribution in [0.4, 0.5) is 0 Å². The molecule has 26 heavy (non-hydrogen) atoms. The molecule has 0 atom stereocenters. The molecule has 2 rings (SSSR count). The molecule has 1 N–H and O–H groups in total. The smallest absolute Gasteiger partial charge is 0.251 e. The van der Waals surface area contributed by atoms with E-state index in [-0.39, 0.29) is 12.5 Å². The molecule has 5 nitrogen and oxygen atoms in total. The van der Waals surface area contributed by atoms with Crippen LogP contribution in [0.15, 0.2) is 48.5 Å². The van der Waals surface area contributed by atoms with Gasteiger partial charge in [0, 0.05) is 12.1 Å². The lowest BCUT2D eigenvalue weighted by Crippen LogP contribution is -2.22. The number of hydrogen-bond acceptors (Lipinski definition) is 4. The number of nitrogens with one attached hydrogen (secondary N) is 1. The fourth-order valence-corrected chi connectivity index (χ4v) is 2.39. The normalized spacial score (nSPS) is 10.0. The van der Waals surface area contributed by atoms with E-state index < -0.39 is 0 Å². The Hall–Kier alpha value is -3.00. The van der Waals surface area contributed by atoms with Crippen molar-refractivity contribution in [3.05, 3.63) is 59.7 Å². The van der Waals surface area contributed by atoms with Gasteiger partial charge in [0.25, 0.3) is 5.91 Å². The summed E-state index contributed by atoms with van der Waals surface area (Å²) >= 11 is 0. The number of unbranched alkanes of at least 4 members (excludes halogenated alkanes) is 2. The van der Waals surface area contributed by atoms with Crippen LogP contribution in [0.3, 0.4) is 0 Å². The molecule has 0 fully saturated rings. The van der Waals surface area contributed by atoms with Crippen molar-refractivity contribution in [3.63, 3.8) is 0 Å². The van der Waals surface area contributed by atoms with Gasteiger partial charge in [0.15, 0.2) is 6.61 Å². The van der Waals surface area contributed by atoms with Crippen LogP contribution < -0.4 is 14.8 Å². The van der Waals surface area contributed by atoms with Gasteiger partial charge in [-0.05, 0) is 48.4 Å². The molecule has 136 valence electrons. The van der Waals surface area contributed by atoms with Gasteiger partial charge in [-0.3, -0.25) is 4.79 Å². The molecule has 0 aliphatic heterocycles. The van der Waals surface area contributed by atoms with Crippen LogP contribution in [0.25, 0.3) is 0 Å². The van der Waals surface area contributed by atoms with E-state index >= 15 is 0 Å². The van der Waals surface area contributed by atoms with Gasteiger partial charge < -0.3 is 14.8 Å². The van der Waals surface area contributed by atoms with E-state index in [9.17, 15) is 4.79 Å². The fraction of sp³-hybridized carbons (Fsp3) is 0.333. The summed E-state index contributed by atoms with van der Waals surface area (Å²) in [5.74, 6) is 1.24. The number of hydrogen-bond donors (Lipinski definition) is 1. The van der Waals surface area contributed by atoms with E-state index in [1.54, 1.807) is 18.2 Å². The second-order valence-corrected chi connectivity index (χ2v) is 5.86. The van der Waals surface area contributed by atoms with E-state index in [2.05, 4.69) is 12.2 Å². The molecular formula is C21H24N2O3. The molecule has 5 heteroatoms. The second kappa shape index (κ2) is 10.8. The molecule has 2 aromatic carbocycles.